The average Bonchev–Trinajstić information content (AvgIpc) is 2.95. The Morgan fingerprint density at radius 2 is 2.07 bits per heavy atom. The van der Waals surface area contributed by atoms with E-state index in [4.69, 9.17) is 14.2 Å². The van der Waals surface area contributed by atoms with Crippen LogP contribution < -0.4 is 0 Å². The van der Waals surface area contributed by atoms with E-state index in [9.17, 15) is 9.90 Å². The number of hydrogen-bond donors (Lipinski definition) is 1. The third-order valence-electron chi connectivity index (χ3n) is 4.63. The van der Waals surface area contributed by atoms with Crippen LogP contribution in [0.25, 0.3) is 10.9 Å². The number of para-hydroxylation sites is 1. The summed E-state index contributed by atoms with van der Waals surface area (Å²) < 4.78 is 19.0. The van der Waals surface area contributed by atoms with Crippen molar-refractivity contribution < 1.29 is 24.1 Å². The standard InChI is InChI=1S/C21H29NO5/c1-14(26-18-11-7-8-12-25-18)19-16(13-23)15-9-5-6-10-17(15)22(19)20(24)27-21(2,3)4/h5-6,9-10,14,18,23H,7-8,11-13H2,1-4H3. The summed E-state index contributed by atoms with van der Waals surface area (Å²) in [4.78, 5) is 13.0. The Balaban J connectivity index is 2.05. The second-order valence-corrected chi connectivity index (χ2v) is 7.93. The molecule has 27 heavy (non-hydrogen) atoms. The van der Waals surface area contributed by atoms with Crippen LogP contribution in [0, 0.1) is 0 Å². The van der Waals surface area contributed by atoms with Gasteiger partial charge < -0.3 is 19.3 Å². The molecule has 1 fully saturated rings. The summed E-state index contributed by atoms with van der Waals surface area (Å²) in [6.07, 6.45) is 1.70. The molecule has 1 aliphatic rings. The zero-order valence-electron chi connectivity index (χ0n) is 16.5. The molecular weight excluding hydrogens is 346 g/mol. The minimum Gasteiger partial charge on any atom is -0.443 e. The maximum Gasteiger partial charge on any atom is 0.419 e. The zero-order chi connectivity index (χ0) is 19.6. The zero-order valence-corrected chi connectivity index (χ0v) is 16.5. The summed E-state index contributed by atoms with van der Waals surface area (Å²) in [5, 5.41) is 10.9. The van der Waals surface area contributed by atoms with Gasteiger partial charge in [0.15, 0.2) is 6.29 Å². The third kappa shape index (κ3) is 4.34. The Hall–Kier alpha value is -1.89. The summed E-state index contributed by atoms with van der Waals surface area (Å²) in [6, 6.07) is 7.51. The number of ether oxygens (including phenoxy) is 3. The van der Waals surface area contributed by atoms with Gasteiger partial charge in [0.25, 0.3) is 0 Å². The van der Waals surface area contributed by atoms with Crippen LogP contribution in [0.3, 0.4) is 0 Å². The minimum atomic E-state index is -0.629. The van der Waals surface area contributed by atoms with Gasteiger partial charge in [-0.1, -0.05) is 18.2 Å². The Morgan fingerprint density at radius 1 is 1.33 bits per heavy atom. The molecule has 1 aromatic heterocycles. The molecule has 6 heteroatoms. The topological polar surface area (TPSA) is 69.9 Å². The highest BCUT2D eigenvalue weighted by Crippen LogP contribution is 2.34. The van der Waals surface area contributed by atoms with Gasteiger partial charge in [-0.2, -0.15) is 0 Å². The highest BCUT2D eigenvalue weighted by Gasteiger charge is 2.30. The van der Waals surface area contributed by atoms with Gasteiger partial charge in [-0.15, -0.1) is 0 Å². The van der Waals surface area contributed by atoms with Gasteiger partial charge in [-0.3, -0.25) is 0 Å². The van der Waals surface area contributed by atoms with E-state index in [2.05, 4.69) is 0 Å². The normalized spacial score (nSPS) is 19.2. The van der Waals surface area contributed by atoms with Crippen molar-refractivity contribution in [3.63, 3.8) is 0 Å². The van der Waals surface area contributed by atoms with E-state index < -0.39 is 17.8 Å². The summed E-state index contributed by atoms with van der Waals surface area (Å²) in [6.45, 7) is 7.87. The van der Waals surface area contributed by atoms with E-state index in [1.54, 1.807) is 0 Å². The van der Waals surface area contributed by atoms with E-state index in [1.165, 1.54) is 4.57 Å². The van der Waals surface area contributed by atoms with E-state index >= 15 is 0 Å². The predicted octanol–water partition coefficient (Wildman–Crippen LogP) is 4.52. The number of carbonyl (C=O) groups is 1. The maximum absolute atomic E-state index is 13.0. The van der Waals surface area contributed by atoms with Crippen LogP contribution in [0.15, 0.2) is 24.3 Å². The number of carbonyl (C=O) groups excluding carboxylic acids is 1. The highest BCUT2D eigenvalue weighted by atomic mass is 16.7. The number of aliphatic hydroxyl groups excluding tert-OH is 1. The Bertz CT molecular complexity index is 799. The molecule has 3 rings (SSSR count). The number of aromatic nitrogens is 1. The average molecular weight is 375 g/mol. The van der Waals surface area contributed by atoms with Gasteiger partial charge in [0.05, 0.1) is 23.9 Å². The van der Waals surface area contributed by atoms with Crippen LogP contribution in [-0.2, 0) is 20.8 Å². The van der Waals surface area contributed by atoms with Crippen LogP contribution >= 0.6 is 0 Å². The number of hydrogen-bond acceptors (Lipinski definition) is 5. The van der Waals surface area contributed by atoms with E-state index in [1.807, 2.05) is 52.0 Å². The predicted molar refractivity (Wildman–Crippen MR) is 103 cm³/mol. The van der Waals surface area contributed by atoms with Crippen LogP contribution in [0.2, 0.25) is 0 Å². The number of aliphatic hydroxyl groups is 1. The van der Waals surface area contributed by atoms with Crippen molar-refractivity contribution in [2.45, 2.75) is 71.6 Å². The molecule has 0 spiro atoms. The largest absolute Gasteiger partial charge is 0.443 e. The van der Waals surface area contributed by atoms with Gasteiger partial charge >= 0.3 is 6.09 Å². The SMILES string of the molecule is CC(OC1CCCCO1)c1c(CO)c2ccccc2n1C(=O)OC(C)(C)C. The lowest BCUT2D eigenvalue weighted by Crippen LogP contribution is -2.30. The quantitative estimate of drug-likeness (QED) is 0.851. The Kier molecular flexibility index (Phi) is 5.89. The van der Waals surface area contributed by atoms with Crippen molar-refractivity contribution >= 4 is 17.0 Å². The maximum atomic E-state index is 13.0. The molecule has 1 saturated heterocycles. The van der Waals surface area contributed by atoms with Gasteiger partial charge in [0, 0.05) is 17.6 Å². The first-order chi connectivity index (χ1) is 12.8. The van der Waals surface area contributed by atoms with E-state index in [0.717, 1.165) is 24.6 Å². The molecule has 1 aliphatic heterocycles. The molecule has 0 amide bonds. The summed E-state index contributed by atoms with van der Waals surface area (Å²) in [5.41, 5.74) is 1.36. The molecule has 2 aromatic rings. The van der Waals surface area contributed by atoms with Crippen molar-refractivity contribution in [3.05, 3.63) is 35.5 Å². The number of benzene rings is 1. The number of rotatable bonds is 4. The molecule has 0 bridgehead atoms. The molecule has 2 unspecified atom stereocenters. The van der Waals surface area contributed by atoms with Crippen LogP contribution in [-0.4, -0.2) is 34.3 Å². The van der Waals surface area contributed by atoms with E-state index in [-0.39, 0.29) is 12.9 Å². The van der Waals surface area contributed by atoms with Crippen molar-refractivity contribution in [3.8, 4) is 0 Å². The highest BCUT2D eigenvalue weighted by molar-refractivity contribution is 5.93. The fourth-order valence-electron chi connectivity index (χ4n) is 3.53. The number of nitrogens with zero attached hydrogens (tertiary/aromatic N) is 1. The lowest BCUT2D eigenvalue weighted by molar-refractivity contribution is -0.187. The third-order valence-corrected chi connectivity index (χ3v) is 4.63. The molecule has 0 radical (unpaired) electrons. The smallest absolute Gasteiger partial charge is 0.419 e. The molecular formula is C21H29NO5. The first-order valence-corrected chi connectivity index (χ1v) is 9.55. The van der Waals surface area contributed by atoms with Crippen LogP contribution in [0.1, 0.15) is 64.3 Å². The van der Waals surface area contributed by atoms with Crippen LogP contribution in [0.5, 0.6) is 0 Å². The lowest BCUT2D eigenvalue weighted by atomic mass is 10.1. The minimum absolute atomic E-state index is 0.190. The summed E-state index contributed by atoms with van der Waals surface area (Å²) in [5.74, 6) is 0. The van der Waals surface area contributed by atoms with Crippen molar-refractivity contribution in [2.75, 3.05) is 6.61 Å². The summed E-state index contributed by atoms with van der Waals surface area (Å²) in [7, 11) is 0. The van der Waals surface area contributed by atoms with Crippen molar-refractivity contribution in [1.82, 2.24) is 4.57 Å². The van der Waals surface area contributed by atoms with Gasteiger partial charge in [-0.25, -0.2) is 9.36 Å². The monoisotopic (exact) mass is 375 g/mol. The molecule has 0 aliphatic carbocycles. The molecule has 148 valence electrons. The summed E-state index contributed by atoms with van der Waals surface area (Å²) >= 11 is 0. The molecule has 1 aromatic carbocycles. The van der Waals surface area contributed by atoms with Crippen molar-refractivity contribution in [2.24, 2.45) is 0 Å². The first kappa shape index (κ1) is 19.9. The first-order valence-electron chi connectivity index (χ1n) is 9.55. The fraction of sp³-hybridized carbons (Fsp3) is 0.571. The molecule has 1 N–H and O–H groups in total. The molecule has 2 heterocycles. The van der Waals surface area contributed by atoms with Crippen LogP contribution in [0.4, 0.5) is 4.79 Å². The second-order valence-electron chi connectivity index (χ2n) is 7.93. The number of fused-ring (bicyclic) bond motifs is 1. The molecule has 6 nitrogen and oxygen atoms in total. The molecule has 0 saturated carbocycles. The molecule has 2 atom stereocenters. The second kappa shape index (κ2) is 8.00. The Labute approximate surface area is 160 Å². The van der Waals surface area contributed by atoms with Crippen molar-refractivity contribution in [1.29, 1.82) is 0 Å². The van der Waals surface area contributed by atoms with Gasteiger partial charge in [0.2, 0.25) is 0 Å². The van der Waals surface area contributed by atoms with Gasteiger partial charge in [0.1, 0.15) is 5.60 Å². The fourth-order valence-corrected chi connectivity index (χ4v) is 3.53. The lowest BCUT2D eigenvalue weighted by Gasteiger charge is -2.27. The van der Waals surface area contributed by atoms with Gasteiger partial charge in [-0.05, 0) is 53.0 Å². The van der Waals surface area contributed by atoms with E-state index in [0.29, 0.717) is 23.4 Å². The Morgan fingerprint density at radius 3 is 2.70 bits per heavy atom.